The normalized spacial score (nSPS) is 11.2. The third kappa shape index (κ3) is 1.92. The van der Waals surface area contributed by atoms with Crippen molar-refractivity contribution >= 4 is 21.8 Å². The zero-order valence-electron chi connectivity index (χ0n) is 11.3. The molecule has 4 nitrogen and oxygen atoms in total. The van der Waals surface area contributed by atoms with Crippen molar-refractivity contribution in [3.8, 4) is 0 Å². The number of rotatable bonds is 2. The van der Waals surface area contributed by atoms with Crippen molar-refractivity contribution in [3.63, 3.8) is 0 Å². The first-order valence-corrected chi connectivity index (χ1v) is 6.81. The van der Waals surface area contributed by atoms with Crippen LogP contribution in [0.5, 0.6) is 0 Å². The van der Waals surface area contributed by atoms with Gasteiger partial charge in [0.2, 0.25) is 0 Å². The van der Waals surface area contributed by atoms with Crippen molar-refractivity contribution in [3.05, 3.63) is 77.0 Å². The fourth-order valence-corrected chi connectivity index (χ4v) is 2.72. The predicted molar refractivity (Wildman–Crippen MR) is 83.4 cm³/mol. The van der Waals surface area contributed by atoms with Crippen molar-refractivity contribution in [2.24, 2.45) is 0 Å². The van der Waals surface area contributed by atoms with Crippen LogP contribution in [0.1, 0.15) is 5.56 Å². The number of nitrogens with one attached hydrogen (secondary N) is 1. The molecule has 102 valence electrons. The van der Waals surface area contributed by atoms with Crippen LogP contribution in [0.25, 0.3) is 21.8 Å². The largest absolute Gasteiger partial charge is 0.354 e. The molecule has 2 aromatic heterocycles. The van der Waals surface area contributed by atoms with Crippen molar-refractivity contribution in [2.45, 2.75) is 6.54 Å². The van der Waals surface area contributed by atoms with Crippen LogP contribution >= 0.6 is 0 Å². The van der Waals surface area contributed by atoms with E-state index >= 15 is 0 Å². The first-order valence-electron chi connectivity index (χ1n) is 6.81. The van der Waals surface area contributed by atoms with Gasteiger partial charge in [-0.05, 0) is 23.8 Å². The average Bonchev–Trinajstić information content (AvgIpc) is 3.02. The minimum absolute atomic E-state index is 0.0758. The summed E-state index contributed by atoms with van der Waals surface area (Å²) in [5, 5.41) is 1.45. The first kappa shape index (κ1) is 11.9. The SMILES string of the molecule is O=c1c2ccccc2[nH]c2c(Cn3ccnc3)cccc12. The number of imidazole rings is 1. The summed E-state index contributed by atoms with van der Waals surface area (Å²) in [5.41, 5.74) is 2.92. The number of aromatic amines is 1. The Morgan fingerprint density at radius 2 is 1.90 bits per heavy atom. The highest BCUT2D eigenvalue weighted by Gasteiger charge is 2.08. The third-order valence-electron chi connectivity index (χ3n) is 3.74. The van der Waals surface area contributed by atoms with Gasteiger partial charge >= 0.3 is 0 Å². The van der Waals surface area contributed by atoms with E-state index in [1.807, 2.05) is 53.2 Å². The van der Waals surface area contributed by atoms with Gasteiger partial charge in [0.05, 0.1) is 18.4 Å². The summed E-state index contributed by atoms with van der Waals surface area (Å²) >= 11 is 0. The molecule has 0 spiro atoms. The molecule has 4 rings (SSSR count). The number of hydrogen-bond acceptors (Lipinski definition) is 2. The van der Waals surface area contributed by atoms with Gasteiger partial charge in [-0.15, -0.1) is 0 Å². The fourth-order valence-electron chi connectivity index (χ4n) is 2.72. The number of benzene rings is 2. The van der Waals surface area contributed by atoms with Crippen LogP contribution in [0.15, 0.2) is 66.0 Å². The Balaban J connectivity index is 2.02. The summed E-state index contributed by atoms with van der Waals surface area (Å²) in [6, 6.07) is 13.4. The number of pyridine rings is 1. The van der Waals surface area contributed by atoms with Gasteiger partial charge in [0.15, 0.2) is 5.43 Å². The molecule has 0 atom stereocenters. The van der Waals surface area contributed by atoms with Gasteiger partial charge in [-0.3, -0.25) is 4.79 Å². The molecular formula is C17H13N3O. The van der Waals surface area contributed by atoms with Crippen LogP contribution in [0, 0.1) is 0 Å². The van der Waals surface area contributed by atoms with E-state index in [0.717, 1.165) is 27.4 Å². The highest BCUT2D eigenvalue weighted by Crippen LogP contribution is 2.19. The molecule has 0 aliphatic carbocycles. The lowest BCUT2D eigenvalue weighted by molar-refractivity contribution is 0.801. The van der Waals surface area contributed by atoms with Crippen LogP contribution in [0.3, 0.4) is 0 Å². The second-order valence-electron chi connectivity index (χ2n) is 5.07. The molecule has 21 heavy (non-hydrogen) atoms. The lowest BCUT2D eigenvalue weighted by atomic mass is 10.1. The van der Waals surface area contributed by atoms with Gasteiger partial charge in [-0.2, -0.15) is 0 Å². The molecule has 1 N–H and O–H groups in total. The number of fused-ring (bicyclic) bond motifs is 2. The Morgan fingerprint density at radius 3 is 2.76 bits per heavy atom. The Labute approximate surface area is 120 Å². The molecule has 2 aromatic carbocycles. The molecule has 4 heteroatoms. The van der Waals surface area contributed by atoms with Gasteiger partial charge in [0.25, 0.3) is 0 Å². The highest BCUT2D eigenvalue weighted by molar-refractivity contribution is 5.93. The quantitative estimate of drug-likeness (QED) is 0.572. The van der Waals surface area contributed by atoms with Gasteiger partial charge in [-0.1, -0.05) is 24.3 Å². The number of para-hydroxylation sites is 2. The monoisotopic (exact) mass is 275 g/mol. The maximum Gasteiger partial charge on any atom is 0.197 e. The lowest BCUT2D eigenvalue weighted by Gasteiger charge is -2.09. The zero-order chi connectivity index (χ0) is 14.2. The molecule has 0 saturated carbocycles. The van der Waals surface area contributed by atoms with Gasteiger partial charge in [-0.25, -0.2) is 4.98 Å². The van der Waals surface area contributed by atoms with Gasteiger partial charge < -0.3 is 9.55 Å². The molecule has 0 saturated heterocycles. The van der Waals surface area contributed by atoms with Crippen molar-refractivity contribution in [1.29, 1.82) is 0 Å². The van der Waals surface area contributed by atoms with Gasteiger partial charge in [0.1, 0.15) is 0 Å². The lowest BCUT2D eigenvalue weighted by Crippen LogP contribution is -2.07. The maximum absolute atomic E-state index is 12.6. The second-order valence-corrected chi connectivity index (χ2v) is 5.07. The van der Waals surface area contributed by atoms with Crippen LogP contribution in [0.4, 0.5) is 0 Å². The molecule has 0 bridgehead atoms. The van der Waals surface area contributed by atoms with E-state index < -0.39 is 0 Å². The molecule has 4 aromatic rings. The standard InChI is InChI=1S/C17H13N3O/c21-17-13-5-1-2-7-15(13)19-16-12(4-3-6-14(16)17)10-20-9-8-18-11-20/h1-9,11H,10H2,(H,19,21). The van der Waals surface area contributed by atoms with Crippen molar-refractivity contribution < 1.29 is 0 Å². The predicted octanol–water partition coefficient (Wildman–Crippen LogP) is 2.93. The maximum atomic E-state index is 12.6. The molecular weight excluding hydrogens is 262 g/mol. The van der Waals surface area contributed by atoms with Crippen LogP contribution < -0.4 is 5.43 Å². The molecule has 2 heterocycles. The molecule has 0 amide bonds. The van der Waals surface area contributed by atoms with E-state index in [9.17, 15) is 4.79 Å². The molecule has 0 aliphatic heterocycles. The van der Waals surface area contributed by atoms with E-state index in [2.05, 4.69) is 9.97 Å². The molecule has 0 unspecified atom stereocenters. The number of nitrogens with zero attached hydrogens (tertiary/aromatic N) is 2. The van der Waals surface area contributed by atoms with E-state index in [-0.39, 0.29) is 5.43 Å². The Bertz CT molecular complexity index is 984. The number of aromatic nitrogens is 3. The second kappa shape index (κ2) is 4.59. The van der Waals surface area contributed by atoms with Gasteiger partial charge in [0, 0.05) is 28.7 Å². The summed E-state index contributed by atoms with van der Waals surface area (Å²) in [6.07, 6.45) is 5.44. The average molecular weight is 275 g/mol. The molecule has 0 aliphatic rings. The summed E-state index contributed by atoms with van der Waals surface area (Å²) in [4.78, 5) is 20.1. The van der Waals surface area contributed by atoms with E-state index in [0.29, 0.717) is 6.54 Å². The summed E-state index contributed by atoms with van der Waals surface area (Å²) < 4.78 is 1.99. The Kier molecular flexibility index (Phi) is 2.60. The summed E-state index contributed by atoms with van der Waals surface area (Å²) in [7, 11) is 0. The number of hydrogen-bond donors (Lipinski definition) is 1. The highest BCUT2D eigenvalue weighted by atomic mass is 16.1. The van der Waals surface area contributed by atoms with E-state index in [1.165, 1.54) is 0 Å². The fraction of sp³-hybridized carbons (Fsp3) is 0.0588. The summed E-state index contributed by atoms with van der Waals surface area (Å²) in [6.45, 7) is 0.686. The zero-order valence-corrected chi connectivity index (χ0v) is 11.3. The van der Waals surface area contributed by atoms with Crippen LogP contribution in [-0.4, -0.2) is 14.5 Å². The minimum atomic E-state index is 0.0758. The first-order chi connectivity index (χ1) is 10.3. The van der Waals surface area contributed by atoms with E-state index in [1.54, 1.807) is 12.5 Å². The van der Waals surface area contributed by atoms with Crippen LogP contribution in [-0.2, 0) is 6.54 Å². The van der Waals surface area contributed by atoms with Crippen molar-refractivity contribution in [1.82, 2.24) is 14.5 Å². The van der Waals surface area contributed by atoms with E-state index in [4.69, 9.17) is 0 Å². The molecule has 0 radical (unpaired) electrons. The Morgan fingerprint density at radius 1 is 1.05 bits per heavy atom. The summed E-state index contributed by atoms with van der Waals surface area (Å²) in [5.74, 6) is 0. The van der Waals surface area contributed by atoms with Crippen LogP contribution in [0.2, 0.25) is 0 Å². The van der Waals surface area contributed by atoms with Crippen molar-refractivity contribution in [2.75, 3.05) is 0 Å². The number of H-pyrrole nitrogens is 1. The Hall–Kier alpha value is -2.88. The minimum Gasteiger partial charge on any atom is -0.354 e. The smallest absolute Gasteiger partial charge is 0.197 e. The topological polar surface area (TPSA) is 50.7 Å². The molecule has 0 fully saturated rings. The third-order valence-corrected chi connectivity index (χ3v) is 3.74.